The molecule has 1 amide bonds. The molecule has 0 radical (unpaired) electrons. The Morgan fingerprint density at radius 1 is 1.18 bits per heavy atom. The maximum atomic E-state index is 14.0. The van der Waals surface area contributed by atoms with Gasteiger partial charge in [-0.3, -0.25) is 9.69 Å². The molecule has 1 saturated heterocycles. The van der Waals surface area contributed by atoms with Crippen molar-refractivity contribution in [3.8, 4) is 0 Å². The minimum atomic E-state index is -0.796. The lowest BCUT2D eigenvalue weighted by molar-refractivity contribution is -0.115. The number of aryl methyl sites for hydroxylation is 2. The number of carbonyl (C=O) groups excluding carboxylic acids is 1. The first kappa shape index (κ1) is 14.9. The van der Waals surface area contributed by atoms with Crippen LogP contribution in [-0.4, -0.2) is 21.6 Å². The molecule has 2 aromatic rings. The van der Waals surface area contributed by atoms with Gasteiger partial charge in [0.1, 0.15) is 17.0 Å². The van der Waals surface area contributed by atoms with E-state index in [1.165, 1.54) is 23.1 Å². The Labute approximate surface area is 130 Å². The van der Waals surface area contributed by atoms with E-state index in [1.54, 1.807) is 19.9 Å². The molecule has 1 aromatic carbocycles. The van der Waals surface area contributed by atoms with E-state index >= 15 is 0 Å². The van der Waals surface area contributed by atoms with E-state index < -0.39 is 17.0 Å². The average Bonchev–Trinajstić information content (AvgIpc) is 2.79. The average molecular weight is 321 g/mol. The van der Waals surface area contributed by atoms with Gasteiger partial charge in [-0.1, -0.05) is 6.07 Å². The number of nitrogens with zero attached hydrogens (tertiary/aromatic N) is 3. The second-order valence-corrected chi connectivity index (χ2v) is 6.08. The zero-order valence-corrected chi connectivity index (χ0v) is 12.8. The molecule has 1 aliphatic heterocycles. The fourth-order valence-corrected chi connectivity index (χ4v) is 3.61. The van der Waals surface area contributed by atoms with E-state index in [1.807, 2.05) is 0 Å². The van der Waals surface area contributed by atoms with Gasteiger partial charge in [0.15, 0.2) is 0 Å². The Morgan fingerprint density at radius 3 is 2.36 bits per heavy atom. The van der Waals surface area contributed by atoms with Crippen molar-refractivity contribution < 1.29 is 13.6 Å². The van der Waals surface area contributed by atoms with Crippen molar-refractivity contribution in [2.45, 2.75) is 19.2 Å². The third kappa shape index (κ3) is 2.56. The van der Waals surface area contributed by atoms with Crippen LogP contribution in [0.15, 0.2) is 24.3 Å². The molecule has 1 unspecified atom stereocenters. The van der Waals surface area contributed by atoms with Crippen LogP contribution in [0.1, 0.15) is 22.3 Å². The summed E-state index contributed by atoms with van der Waals surface area (Å²) in [7, 11) is 0. The predicted molar refractivity (Wildman–Crippen MR) is 80.5 cm³/mol. The lowest BCUT2D eigenvalue weighted by Crippen LogP contribution is -2.30. The Bertz CT molecular complexity index is 713. The molecule has 22 heavy (non-hydrogen) atoms. The van der Waals surface area contributed by atoms with Crippen LogP contribution in [0.2, 0.25) is 0 Å². The highest BCUT2D eigenvalue weighted by Gasteiger charge is 2.38. The van der Waals surface area contributed by atoms with E-state index in [0.717, 1.165) is 11.8 Å². The van der Waals surface area contributed by atoms with Gasteiger partial charge in [0.25, 0.3) is 0 Å². The van der Waals surface area contributed by atoms with Crippen LogP contribution in [-0.2, 0) is 4.79 Å². The number of halogens is 2. The monoisotopic (exact) mass is 321 g/mol. The largest absolute Gasteiger partial charge is 0.273 e. The Hall–Kier alpha value is -2.02. The summed E-state index contributed by atoms with van der Waals surface area (Å²) in [6.45, 7) is 3.56. The van der Waals surface area contributed by atoms with E-state index in [-0.39, 0.29) is 23.2 Å². The number of amides is 1. The highest BCUT2D eigenvalue weighted by molar-refractivity contribution is 8.00. The van der Waals surface area contributed by atoms with E-state index in [2.05, 4.69) is 9.97 Å². The molecule has 1 aromatic heterocycles. The molecule has 0 N–H and O–H groups in total. The molecule has 4 nitrogen and oxygen atoms in total. The van der Waals surface area contributed by atoms with Crippen LogP contribution in [0.5, 0.6) is 0 Å². The standard InChI is InChI=1S/C15H13F2N3OS/c1-8-6-9(2)19-15(18-8)20-12(21)7-22-14(20)13-10(16)4-3-5-11(13)17/h3-6,14H,7H2,1-2H3. The van der Waals surface area contributed by atoms with E-state index in [0.29, 0.717) is 11.4 Å². The molecule has 7 heteroatoms. The summed E-state index contributed by atoms with van der Waals surface area (Å²) in [6, 6.07) is 5.44. The number of aromatic nitrogens is 2. The highest BCUT2D eigenvalue weighted by atomic mass is 32.2. The summed E-state index contributed by atoms with van der Waals surface area (Å²) < 4.78 is 28.1. The molecular weight excluding hydrogens is 308 g/mol. The van der Waals surface area contributed by atoms with Crippen molar-refractivity contribution in [2.24, 2.45) is 0 Å². The third-order valence-corrected chi connectivity index (χ3v) is 4.48. The molecule has 114 valence electrons. The number of hydrogen-bond donors (Lipinski definition) is 0. The first-order valence-electron chi connectivity index (χ1n) is 6.67. The summed E-state index contributed by atoms with van der Waals surface area (Å²) in [5.41, 5.74) is 1.25. The number of rotatable bonds is 2. The van der Waals surface area contributed by atoms with Crippen LogP contribution < -0.4 is 4.90 Å². The topological polar surface area (TPSA) is 46.1 Å². The zero-order valence-electron chi connectivity index (χ0n) is 12.0. The van der Waals surface area contributed by atoms with Gasteiger partial charge in [-0.05, 0) is 32.0 Å². The lowest BCUT2D eigenvalue weighted by atomic mass is 10.2. The van der Waals surface area contributed by atoms with Gasteiger partial charge in [-0.15, -0.1) is 11.8 Å². The predicted octanol–water partition coefficient (Wildman–Crippen LogP) is 3.15. The summed E-state index contributed by atoms with van der Waals surface area (Å²) in [6.07, 6.45) is 0. The molecule has 2 heterocycles. The van der Waals surface area contributed by atoms with Crippen LogP contribution in [0.25, 0.3) is 0 Å². The van der Waals surface area contributed by atoms with Crippen molar-refractivity contribution in [1.29, 1.82) is 0 Å². The minimum Gasteiger partial charge on any atom is -0.273 e. The molecule has 0 saturated carbocycles. The Morgan fingerprint density at radius 2 is 1.77 bits per heavy atom. The van der Waals surface area contributed by atoms with Crippen molar-refractivity contribution in [3.05, 3.63) is 52.9 Å². The van der Waals surface area contributed by atoms with Gasteiger partial charge in [0.05, 0.1) is 11.3 Å². The molecule has 0 bridgehead atoms. The van der Waals surface area contributed by atoms with Gasteiger partial charge in [-0.2, -0.15) is 0 Å². The van der Waals surface area contributed by atoms with E-state index in [4.69, 9.17) is 0 Å². The Balaban J connectivity index is 2.10. The Kier molecular flexibility index (Phi) is 3.82. The fraction of sp³-hybridized carbons (Fsp3) is 0.267. The van der Waals surface area contributed by atoms with Crippen molar-refractivity contribution in [1.82, 2.24) is 9.97 Å². The molecule has 1 atom stereocenters. The SMILES string of the molecule is Cc1cc(C)nc(N2C(=O)CSC2c2c(F)cccc2F)n1. The number of carbonyl (C=O) groups is 1. The fourth-order valence-electron chi connectivity index (χ4n) is 2.42. The molecule has 1 aliphatic rings. The number of hydrogen-bond acceptors (Lipinski definition) is 4. The normalized spacial score (nSPS) is 18.1. The molecule has 3 rings (SSSR count). The van der Waals surface area contributed by atoms with Crippen LogP contribution in [0.4, 0.5) is 14.7 Å². The lowest BCUT2D eigenvalue weighted by Gasteiger charge is -2.23. The summed E-state index contributed by atoms with van der Waals surface area (Å²) in [5.74, 6) is -1.31. The van der Waals surface area contributed by atoms with Gasteiger partial charge in [-0.25, -0.2) is 18.7 Å². The highest BCUT2D eigenvalue weighted by Crippen LogP contribution is 2.42. The van der Waals surface area contributed by atoms with Crippen LogP contribution in [0, 0.1) is 25.5 Å². The maximum absolute atomic E-state index is 14.0. The molecular formula is C15H13F2N3OS. The minimum absolute atomic E-state index is 0.134. The van der Waals surface area contributed by atoms with Crippen molar-refractivity contribution in [3.63, 3.8) is 0 Å². The first-order valence-corrected chi connectivity index (χ1v) is 7.72. The number of anilines is 1. The summed E-state index contributed by atoms with van der Waals surface area (Å²) >= 11 is 1.16. The molecule has 0 aliphatic carbocycles. The molecule has 0 spiro atoms. The van der Waals surface area contributed by atoms with Crippen molar-refractivity contribution >= 4 is 23.6 Å². The molecule has 1 fully saturated rings. The van der Waals surface area contributed by atoms with Gasteiger partial charge < -0.3 is 0 Å². The van der Waals surface area contributed by atoms with Crippen molar-refractivity contribution in [2.75, 3.05) is 10.7 Å². The number of benzene rings is 1. The second-order valence-electron chi connectivity index (χ2n) is 5.01. The first-order chi connectivity index (χ1) is 10.5. The quantitative estimate of drug-likeness (QED) is 0.852. The summed E-state index contributed by atoms with van der Waals surface area (Å²) in [5, 5.41) is -0.796. The van der Waals surface area contributed by atoms with Crippen LogP contribution in [0.3, 0.4) is 0 Å². The maximum Gasteiger partial charge on any atom is 0.240 e. The third-order valence-electron chi connectivity index (χ3n) is 3.30. The zero-order chi connectivity index (χ0) is 15.9. The second kappa shape index (κ2) is 5.64. The van der Waals surface area contributed by atoms with E-state index in [9.17, 15) is 13.6 Å². The summed E-state index contributed by atoms with van der Waals surface area (Å²) in [4.78, 5) is 21.9. The van der Waals surface area contributed by atoms with Gasteiger partial charge >= 0.3 is 0 Å². The van der Waals surface area contributed by atoms with Gasteiger partial charge in [0, 0.05) is 11.4 Å². The van der Waals surface area contributed by atoms with Crippen LogP contribution >= 0.6 is 11.8 Å². The smallest absolute Gasteiger partial charge is 0.240 e. The number of thioether (sulfide) groups is 1. The van der Waals surface area contributed by atoms with Gasteiger partial charge in [0.2, 0.25) is 11.9 Å².